The molecule has 6 unspecified atom stereocenters. The summed E-state index contributed by atoms with van der Waals surface area (Å²) in [6, 6.07) is 0. The topological polar surface area (TPSA) is 192 Å². The number of ether oxygens (including phenoxy) is 2. The number of aliphatic hydroxyl groups excluding tert-OH is 5. The van der Waals surface area contributed by atoms with E-state index in [1.807, 2.05) is 18.2 Å². The lowest BCUT2D eigenvalue weighted by Gasteiger charge is -2.41. The molecule has 0 aromatic heterocycles. The lowest BCUT2D eigenvalue weighted by Crippen LogP contribution is -2.64. The molecule has 0 aromatic rings. The number of aliphatic hydroxyl groups is 5. The van der Waals surface area contributed by atoms with E-state index in [1.165, 1.54) is 135 Å². The summed E-state index contributed by atoms with van der Waals surface area (Å²) in [4.78, 5) is 23.1. The van der Waals surface area contributed by atoms with Crippen LogP contribution in [-0.2, 0) is 27.9 Å². The maximum absolute atomic E-state index is 12.8. The molecule has 0 radical (unpaired) electrons. The van der Waals surface area contributed by atoms with E-state index in [0.29, 0.717) is 13.0 Å². The van der Waals surface area contributed by atoms with E-state index in [4.69, 9.17) is 18.5 Å². The molecule has 66 heavy (non-hydrogen) atoms. The van der Waals surface area contributed by atoms with Crippen LogP contribution in [0.1, 0.15) is 206 Å². The van der Waals surface area contributed by atoms with E-state index in [-0.39, 0.29) is 13.0 Å². The Morgan fingerprint density at radius 1 is 0.485 bits per heavy atom. The zero-order valence-corrected chi connectivity index (χ0v) is 42.1. The van der Waals surface area contributed by atoms with Crippen molar-refractivity contribution in [3.8, 4) is 0 Å². The summed E-state index contributed by atoms with van der Waals surface area (Å²) in [5.74, 6) is -0.601. The molecule has 6 N–H and O–H groups in total. The molecule has 384 valence electrons. The summed E-state index contributed by atoms with van der Waals surface area (Å²) in [5, 5.41) is 50.3. The van der Waals surface area contributed by atoms with Gasteiger partial charge in [0.2, 0.25) is 0 Å². The second kappa shape index (κ2) is 43.1. The summed E-state index contributed by atoms with van der Waals surface area (Å²) in [5.41, 5.74) is 0. The highest BCUT2D eigenvalue weighted by Gasteiger charge is 2.51. The van der Waals surface area contributed by atoms with Crippen LogP contribution in [-0.4, -0.2) is 98.9 Å². The summed E-state index contributed by atoms with van der Waals surface area (Å²) < 4.78 is 34.1. The van der Waals surface area contributed by atoms with Crippen LogP contribution in [0.15, 0.2) is 60.8 Å². The minimum atomic E-state index is -5.05. The van der Waals surface area contributed by atoms with Gasteiger partial charge in [-0.3, -0.25) is 13.8 Å². The second-order valence-corrected chi connectivity index (χ2v) is 19.4. The average Bonchev–Trinajstić information content (AvgIpc) is 3.30. The van der Waals surface area contributed by atoms with Gasteiger partial charge in [-0.05, 0) is 38.5 Å². The Labute approximate surface area is 400 Å². The van der Waals surface area contributed by atoms with E-state index in [1.54, 1.807) is 6.08 Å². The van der Waals surface area contributed by atoms with Crippen molar-refractivity contribution < 1.29 is 58.3 Å². The molecule has 1 fully saturated rings. The molecule has 0 aliphatic heterocycles. The first-order valence-electron chi connectivity index (χ1n) is 26.1. The molecular formula is C53H95O12P. The Morgan fingerprint density at radius 2 is 0.833 bits per heavy atom. The molecule has 1 aliphatic rings. The van der Waals surface area contributed by atoms with E-state index in [9.17, 15) is 39.8 Å². The average molecular weight is 955 g/mol. The van der Waals surface area contributed by atoms with Gasteiger partial charge in [0.15, 0.2) is 0 Å². The predicted molar refractivity (Wildman–Crippen MR) is 267 cm³/mol. The predicted octanol–water partition coefficient (Wildman–Crippen LogP) is 11.8. The Bertz CT molecular complexity index is 1320. The van der Waals surface area contributed by atoms with Gasteiger partial charge in [-0.2, -0.15) is 0 Å². The minimum Gasteiger partial charge on any atom is -0.457 e. The molecule has 0 bridgehead atoms. The number of unbranched alkanes of at least 4 members (excludes halogenated alkanes) is 23. The summed E-state index contributed by atoms with van der Waals surface area (Å²) in [6.07, 6.45) is 43.4. The van der Waals surface area contributed by atoms with Crippen LogP contribution in [0.5, 0.6) is 0 Å². The van der Waals surface area contributed by atoms with Crippen molar-refractivity contribution in [2.75, 3.05) is 19.8 Å². The van der Waals surface area contributed by atoms with E-state index >= 15 is 0 Å². The molecular weight excluding hydrogens is 860 g/mol. The maximum atomic E-state index is 12.8. The van der Waals surface area contributed by atoms with Crippen molar-refractivity contribution in [2.45, 2.75) is 249 Å². The molecule has 0 saturated heterocycles. The second-order valence-electron chi connectivity index (χ2n) is 18.0. The molecule has 6 atom stereocenters. The molecule has 0 spiro atoms. The first-order valence-corrected chi connectivity index (χ1v) is 27.6. The fraction of sp³-hybridized carbons (Fsp3) is 0.792. The lowest BCUT2D eigenvalue weighted by molar-refractivity contribution is -0.220. The van der Waals surface area contributed by atoms with Gasteiger partial charge in [0, 0.05) is 6.61 Å². The van der Waals surface area contributed by atoms with E-state index in [0.717, 1.165) is 44.9 Å². The van der Waals surface area contributed by atoms with Gasteiger partial charge in [0.1, 0.15) is 42.7 Å². The molecule has 0 heterocycles. The van der Waals surface area contributed by atoms with Gasteiger partial charge in [-0.15, -0.1) is 0 Å². The molecule has 12 nitrogen and oxygen atoms in total. The third-order valence-electron chi connectivity index (χ3n) is 11.9. The number of carbonyl (C=O) groups excluding carboxylic acids is 1. The smallest absolute Gasteiger partial charge is 0.457 e. The first kappa shape index (κ1) is 62.1. The van der Waals surface area contributed by atoms with Gasteiger partial charge in [-0.1, -0.05) is 222 Å². The van der Waals surface area contributed by atoms with Crippen LogP contribution in [0, 0.1) is 0 Å². The van der Waals surface area contributed by atoms with Gasteiger partial charge < -0.3 is 39.9 Å². The number of phosphoric ester groups is 1. The number of hydrogen-bond acceptors (Lipinski definition) is 11. The fourth-order valence-electron chi connectivity index (χ4n) is 7.84. The highest BCUT2D eigenvalue weighted by molar-refractivity contribution is 7.47. The zero-order chi connectivity index (χ0) is 48.4. The lowest BCUT2D eigenvalue weighted by atomic mass is 9.85. The molecule has 13 heteroatoms. The summed E-state index contributed by atoms with van der Waals surface area (Å²) in [7, 11) is -5.05. The van der Waals surface area contributed by atoms with Crippen molar-refractivity contribution in [1.29, 1.82) is 0 Å². The van der Waals surface area contributed by atoms with Gasteiger partial charge in [0.25, 0.3) is 0 Å². The Hall–Kier alpha value is -1.96. The zero-order valence-electron chi connectivity index (χ0n) is 41.2. The van der Waals surface area contributed by atoms with Crippen LogP contribution in [0.2, 0.25) is 0 Å². The quantitative estimate of drug-likeness (QED) is 0.0147. The Kier molecular flexibility index (Phi) is 40.5. The number of rotatable bonds is 44. The number of esters is 1. The Morgan fingerprint density at radius 3 is 1.23 bits per heavy atom. The molecule has 1 saturated carbocycles. The number of allylic oxidation sites excluding steroid dienone is 9. The molecule has 0 aromatic carbocycles. The molecule has 0 amide bonds. The molecule has 1 aliphatic carbocycles. The largest absolute Gasteiger partial charge is 0.472 e. The van der Waals surface area contributed by atoms with Crippen LogP contribution in [0.3, 0.4) is 0 Å². The number of phosphoric acid groups is 1. The SMILES string of the molecule is CC/C=C\C/C=C\C/C=C\C/C=C\C/C=C\CC(=O)OC(COCCCCCCCCCCCCCCCCCCCCCCCCCC)COP(=O)(O)OC1C(O)C(O)C(O)C(O)C1O. The first-order chi connectivity index (χ1) is 32.0. The van der Waals surface area contributed by atoms with Crippen molar-refractivity contribution in [3.63, 3.8) is 0 Å². The summed E-state index contributed by atoms with van der Waals surface area (Å²) in [6.45, 7) is 4.06. The third kappa shape index (κ3) is 34.3. The summed E-state index contributed by atoms with van der Waals surface area (Å²) >= 11 is 0. The number of carbonyl (C=O) groups is 1. The van der Waals surface area contributed by atoms with Crippen molar-refractivity contribution in [1.82, 2.24) is 0 Å². The van der Waals surface area contributed by atoms with Crippen molar-refractivity contribution >= 4 is 13.8 Å². The highest BCUT2D eigenvalue weighted by atomic mass is 31.2. The third-order valence-corrected chi connectivity index (χ3v) is 12.9. The highest BCUT2D eigenvalue weighted by Crippen LogP contribution is 2.47. The normalized spacial score (nSPS) is 21.9. The minimum absolute atomic E-state index is 0.0463. The van der Waals surface area contributed by atoms with Crippen LogP contribution in [0.4, 0.5) is 0 Å². The van der Waals surface area contributed by atoms with Crippen molar-refractivity contribution in [3.05, 3.63) is 60.8 Å². The van der Waals surface area contributed by atoms with Crippen molar-refractivity contribution in [2.24, 2.45) is 0 Å². The number of hydrogen-bond donors (Lipinski definition) is 6. The van der Waals surface area contributed by atoms with Gasteiger partial charge in [-0.25, -0.2) is 4.57 Å². The van der Waals surface area contributed by atoms with E-state index < -0.39 is 63.1 Å². The monoisotopic (exact) mass is 955 g/mol. The standard InChI is InChI=1S/C53H95O12P/c1-3-5-7-9-11-13-15-17-19-20-21-22-23-24-25-26-27-29-31-33-35-37-39-41-43-62-44-46(45-63-66(60,61)65-53-51(58)49(56)48(55)50(57)52(53)59)64-47(54)42-40-38-36-34-32-30-28-18-16-14-12-10-8-6-4-2/h6,8,12,14,18,28,32,34,38,40,46,48-53,55-59H,3-5,7,9-11,13,15-17,19-27,29-31,33,35-37,39,41-45H2,1-2H3,(H,60,61)/b8-6-,14-12-,28-18-,34-32-,40-38-. The molecule has 1 rings (SSSR count). The van der Waals surface area contributed by atoms with Crippen LogP contribution >= 0.6 is 7.82 Å². The van der Waals surface area contributed by atoms with E-state index in [2.05, 4.69) is 50.3 Å². The fourth-order valence-corrected chi connectivity index (χ4v) is 8.82. The van der Waals surface area contributed by atoms with Gasteiger partial charge in [0.05, 0.1) is 19.6 Å². The van der Waals surface area contributed by atoms with Crippen LogP contribution < -0.4 is 0 Å². The van der Waals surface area contributed by atoms with Gasteiger partial charge >= 0.3 is 13.8 Å². The maximum Gasteiger partial charge on any atom is 0.472 e. The Balaban J connectivity index is 2.33. The van der Waals surface area contributed by atoms with Crippen LogP contribution in [0.25, 0.3) is 0 Å².